The van der Waals surface area contributed by atoms with Crippen molar-refractivity contribution in [1.29, 1.82) is 0 Å². The van der Waals surface area contributed by atoms with Crippen molar-refractivity contribution in [3.8, 4) is 11.5 Å². The topological polar surface area (TPSA) is 60.1 Å². The van der Waals surface area contributed by atoms with E-state index in [9.17, 15) is 0 Å². The monoisotopic (exact) mass is 277 g/mol. The zero-order valence-corrected chi connectivity index (χ0v) is 12.4. The number of nitrogens with zero attached hydrogens (tertiary/aromatic N) is 2. The van der Waals surface area contributed by atoms with E-state index in [0.29, 0.717) is 18.5 Å². The van der Waals surface area contributed by atoms with Crippen molar-refractivity contribution in [1.82, 2.24) is 4.90 Å². The van der Waals surface area contributed by atoms with E-state index >= 15 is 0 Å². The molecular formula is C15H23N3O2. The van der Waals surface area contributed by atoms with E-state index in [1.165, 1.54) is 12.8 Å². The van der Waals surface area contributed by atoms with Crippen molar-refractivity contribution in [2.45, 2.75) is 31.9 Å². The third kappa shape index (κ3) is 4.05. The average Bonchev–Trinajstić information content (AvgIpc) is 3.29. The van der Waals surface area contributed by atoms with Gasteiger partial charge in [0.05, 0.1) is 13.7 Å². The molecule has 5 nitrogen and oxygen atoms in total. The Bertz CT molecular complexity index is 455. The molecule has 0 saturated heterocycles. The lowest BCUT2D eigenvalue weighted by Gasteiger charge is -2.18. The number of methoxy groups -OCH3 is 1. The highest BCUT2D eigenvalue weighted by Gasteiger charge is 2.27. The molecule has 0 aromatic heterocycles. The van der Waals surface area contributed by atoms with Gasteiger partial charge in [-0.3, -0.25) is 0 Å². The molecule has 1 fully saturated rings. The minimum atomic E-state index is -0.0189. The quantitative estimate of drug-likeness (QED) is 0.637. The first-order chi connectivity index (χ1) is 9.60. The van der Waals surface area contributed by atoms with Gasteiger partial charge in [-0.25, -0.2) is 4.99 Å². The number of hydrogen-bond donors (Lipinski definition) is 1. The van der Waals surface area contributed by atoms with E-state index in [2.05, 4.69) is 4.99 Å². The molecule has 0 bridgehead atoms. The summed E-state index contributed by atoms with van der Waals surface area (Å²) in [6, 6.07) is 8.11. The molecule has 1 aliphatic rings. The number of rotatable bonds is 6. The Morgan fingerprint density at radius 1 is 1.35 bits per heavy atom. The van der Waals surface area contributed by atoms with Crippen LogP contribution in [0.15, 0.2) is 29.3 Å². The first-order valence-electron chi connectivity index (χ1n) is 6.93. The summed E-state index contributed by atoms with van der Waals surface area (Å²) in [5.74, 6) is 2.22. The Morgan fingerprint density at radius 2 is 1.95 bits per heavy atom. The number of nitrogens with two attached hydrogens (primary N) is 1. The number of guanidine groups is 1. The molecule has 1 aliphatic carbocycles. The molecular weight excluding hydrogens is 254 g/mol. The van der Waals surface area contributed by atoms with E-state index in [4.69, 9.17) is 15.2 Å². The number of ether oxygens (including phenoxy) is 2. The van der Waals surface area contributed by atoms with E-state index in [-0.39, 0.29) is 6.10 Å². The summed E-state index contributed by atoms with van der Waals surface area (Å²) < 4.78 is 10.9. The summed E-state index contributed by atoms with van der Waals surface area (Å²) in [7, 11) is 3.64. The van der Waals surface area contributed by atoms with Crippen LogP contribution in [0.3, 0.4) is 0 Å². The van der Waals surface area contributed by atoms with E-state index in [0.717, 1.165) is 11.5 Å². The van der Waals surface area contributed by atoms with Gasteiger partial charge in [-0.15, -0.1) is 0 Å². The molecule has 1 aromatic rings. The third-order valence-corrected chi connectivity index (χ3v) is 3.36. The lowest BCUT2D eigenvalue weighted by atomic mass is 10.3. The summed E-state index contributed by atoms with van der Waals surface area (Å²) in [5, 5.41) is 0. The normalized spacial score (nSPS) is 16.6. The molecule has 2 N–H and O–H groups in total. The van der Waals surface area contributed by atoms with Crippen LogP contribution in [0.4, 0.5) is 0 Å². The lowest BCUT2D eigenvalue weighted by Crippen LogP contribution is -2.36. The van der Waals surface area contributed by atoms with Crippen LogP contribution in [0.2, 0.25) is 0 Å². The van der Waals surface area contributed by atoms with Gasteiger partial charge in [0.2, 0.25) is 0 Å². The molecule has 1 saturated carbocycles. The zero-order valence-electron chi connectivity index (χ0n) is 12.4. The van der Waals surface area contributed by atoms with Gasteiger partial charge < -0.3 is 20.1 Å². The minimum absolute atomic E-state index is 0.0189. The first kappa shape index (κ1) is 14.5. The second kappa shape index (κ2) is 6.50. The molecule has 1 atom stereocenters. The molecule has 20 heavy (non-hydrogen) atoms. The molecule has 0 amide bonds. The largest absolute Gasteiger partial charge is 0.497 e. The van der Waals surface area contributed by atoms with Gasteiger partial charge in [0.25, 0.3) is 0 Å². The van der Waals surface area contributed by atoms with Gasteiger partial charge in [0.15, 0.2) is 5.96 Å². The summed E-state index contributed by atoms with van der Waals surface area (Å²) in [4.78, 5) is 6.43. The van der Waals surface area contributed by atoms with Gasteiger partial charge >= 0.3 is 0 Å². The Labute approximate surface area is 120 Å². The lowest BCUT2D eigenvalue weighted by molar-refractivity contribution is 0.229. The van der Waals surface area contributed by atoms with Crippen LogP contribution in [0.5, 0.6) is 11.5 Å². The Balaban J connectivity index is 1.81. The fourth-order valence-electron chi connectivity index (χ4n) is 1.91. The van der Waals surface area contributed by atoms with E-state index < -0.39 is 0 Å². The molecule has 1 aromatic carbocycles. The van der Waals surface area contributed by atoms with Crippen LogP contribution in [0.1, 0.15) is 19.8 Å². The fraction of sp³-hybridized carbons (Fsp3) is 0.533. The van der Waals surface area contributed by atoms with Crippen molar-refractivity contribution < 1.29 is 9.47 Å². The molecule has 1 unspecified atom stereocenters. The molecule has 0 heterocycles. The summed E-state index contributed by atoms with van der Waals surface area (Å²) in [5.41, 5.74) is 5.94. The summed E-state index contributed by atoms with van der Waals surface area (Å²) in [6.07, 6.45) is 2.41. The maximum atomic E-state index is 5.94. The second-order valence-electron chi connectivity index (χ2n) is 5.14. The smallest absolute Gasteiger partial charge is 0.191 e. The molecule has 0 radical (unpaired) electrons. The van der Waals surface area contributed by atoms with Gasteiger partial charge in [-0.05, 0) is 44.0 Å². The van der Waals surface area contributed by atoms with Gasteiger partial charge in [0, 0.05) is 13.1 Å². The summed E-state index contributed by atoms with van der Waals surface area (Å²) >= 11 is 0. The number of benzene rings is 1. The van der Waals surface area contributed by atoms with Crippen LogP contribution in [-0.2, 0) is 0 Å². The number of aliphatic imine (C=N–C) groups is 1. The molecule has 0 spiro atoms. The SMILES string of the molecule is COc1ccc(OC(C)CN=C(N)N(C)C2CC2)cc1. The summed E-state index contributed by atoms with van der Waals surface area (Å²) in [6.45, 7) is 2.53. The van der Waals surface area contributed by atoms with E-state index in [1.54, 1.807) is 7.11 Å². The Hall–Kier alpha value is -1.91. The van der Waals surface area contributed by atoms with Crippen LogP contribution in [0, 0.1) is 0 Å². The van der Waals surface area contributed by atoms with Gasteiger partial charge in [-0.1, -0.05) is 0 Å². The first-order valence-corrected chi connectivity index (χ1v) is 6.93. The maximum absolute atomic E-state index is 5.94. The van der Waals surface area contributed by atoms with Crippen molar-refractivity contribution in [2.75, 3.05) is 20.7 Å². The van der Waals surface area contributed by atoms with Crippen molar-refractivity contribution in [2.24, 2.45) is 10.7 Å². The predicted octanol–water partition coefficient (Wildman–Crippen LogP) is 1.87. The van der Waals surface area contributed by atoms with Crippen LogP contribution < -0.4 is 15.2 Å². The van der Waals surface area contributed by atoms with Crippen LogP contribution >= 0.6 is 0 Å². The fourth-order valence-corrected chi connectivity index (χ4v) is 1.91. The molecule has 110 valence electrons. The van der Waals surface area contributed by atoms with Crippen LogP contribution in [0.25, 0.3) is 0 Å². The molecule has 0 aliphatic heterocycles. The zero-order chi connectivity index (χ0) is 14.5. The Morgan fingerprint density at radius 3 is 2.50 bits per heavy atom. The third-order valence-electron chi connectivity index (χ3n) is 3.36. The predicted molar refractivity (Wildman–Crippen MR) is 80.4 cm³/mol. The van der Waals surface area contributed by atoms with Gasteiger partial charge in [0.1, 0.15) is 17.6 Å². The van der Waals surface area contributed by atoms with Crippen molar-refractivity contribution >= 4 is 5.96 Å². The molecule has 2 rings (SSSR count). The highest BCUT2D eigenvalue weighted by Crippen LogP contribution is 2.24. The van der Waals surface area contributed by atoms with Crippen molar-refractivity contribution in [3.63, 3.8) is 0 Å². The number of hydrogen-bond acceptors (Lipinski definition) is 3. The highest BCUT2D eigenvalue weighted by atomic mass is 16.5. The standard InChI is InChI=1S/C15H23N3O2/c1-11(10-17-15(16)18(2)12-4-5-12)20-14-8-6-13(19-3)7-9-14/h6-9,11-12H,4-5,10H2,1-3H3,(H2,16,17). The van der Waals surface area contributed by atoms with Gasteiger partial charge in [-0.2, -0.15) is 0 Å². The average molecular weight is 277 g/mol. The maximum Gasteiger partial charge on any atom is 0.191 e. The minimum Gasteiger partial charge on any atom is -0.497 e. The second-order valence-corrected chi connectivity index (χ2v) is 5.14. The Kier molecular flexibility index (Phi) is 4.71. The van der Waals surface area contributed by atoms with Crippen LogP contribution in [-0.4, -0.2) is 43.7 Å². The molecule has 5 heteroatoms. The van der Waals surface area contributed by atoms with E-state index in [1.807, 2.05) is 43.1 Å². The highest BCUT2D eigenvalue weighted by molar-refractivity contribution is 5.78. The van der Waals surface area contributed by atoms with Crippen molar-refractivity contribution in [3.05, 3.63) is 24.3 Å².